The lowest BCUT2D eigenvalue weighted by atomic mass is 9.85. The summed E-state index contributed by atoms with van der Waals surface area (Å²) >= 11 is 0. The second-order valence-corrected chi connectivity index (χ2v) is 14.4. The molecule has 52 heavy (non-hydrogen) atoms. The molecule has 1 aromatic heterocycles. The first-order valence-electron chi connectivity index (χ1n) is 17.6. The van der Waals surface area contributed by atoms with Crippen LogP contribution in [-0.2, 0) is 33.7 Å². The zero-order valence-electron chi connectivity index (χ0n) is 30.6. The van der Waals surface area contributed by atoms with Gasteiger partial charge in [-0.3, -0.25) is 20.0 Å². The van der Waals surface area contributed by atoms with Crippen molar-refractivity contribution in [2.45, 2.75) is 70.3 Å². The Hall–Kier alpha value is -5.10. The van der Waals surface area contributed by atoms with E-state index in [2.05, 4.69) is 26.4 Å². The van der Waals surface area contributed by atoms with Crippen LogP contribution in [0.4, 0.5) is 4.79 Å². The number of aromatic nitrogens is 1. The standard InChI is InChI=1S/C41H50N6O5/c1-40(2,3)36(45-39(51)52-5)37(49)46-47(27-29-18-20-30(21-19-29)33-17-11-12-23-43-33)24-22-41(42-4,26-28-13-7-6-8-14-28)38(50)44-35-32-16-10-9-15-31(32)25-34(35)48/h6-21,23,34-36,42,48H,22,24-27H2,1-5H3,(H,44,50)(H,45,51)(H,46,49)/t34-,35+,36-,41-/m1/s1. The predicted molar refractivity (Wildman–Crippen MR) is 201 cm³/mol. The second-order valence-electron chi connectivity index (χ2n) is 14.4. The third-order valence-corrected chi connectivity index (χ3v) is 9.69. The molecule has 0 unspecified atom stereocenters. The van der Waals surface area contributed by atoms with Crippen molar-refractivity contribution in [1.29, 1.82) is 0 Å². The largest absolute Gasteiger partial charge is 0.453 e. The molecule has 1 aliphatic carbocycles. The molecule has 0 spiro atoms. The predicted octanol–water partition coefficient (Wildman–Crippen LogP) is 4.72. The number of aliphatic hydroxyl groups excluding tert-OH is 1. The number of nitrogens with zero attached hydrogens (tertiary/aromatic N) is 2. The van der Waals surface area contributed by atoms with Crippen LogP contribution >= 0.6 is 0 Å². The maximum atomic E-state index is 14.5. The van der Waals surface area contributed by atoms with E-state index in [9.17, 15) is 19.5 Å². The number of carbonyl (C=O) groups is 3. The number of methoxy groups -OCH3 is 1. The van der Waals surface area contributed by atoms with Gasteiger partial charge in [0.2, 0.25) is 5.91 Å². The third-order valence-electron chi connectivity index (χ3n) is 9.69. The zero-order valence-corrected chi connectivity index (χ0v) is 30.6. The van der Waals surface area contributed by atoms with Gasteiger partial charge in [-0.1, -0.05) is 106 Å². The Morgan fingerprint density at radius 1 is 0.923 bits per heavy atom. The first-order valence-corrected chi connectivity index (χ1v) is 17.6. The average molecular weight is 707 g/mol. The van der Waals surface area contributed by atoms with Gasteiger partial charge in [-0.2, -0.15) is 0 Å². The molecule has 0 saturated heterocycles. The molecule has 3 aromatic carbocycles. The van der Waals surface area contributed by atoms with Crippen LogP contribution in [0.2, 0.25) is 0 Å². The lowest BCUT2D eigenvalue weighted by molar-refractivity contribution is -0.131. The first-order chi connectivity index (χ1) is 24.9. The van der Waals surface area contributed by atoms with E-state index in [1.807, 2.05) is 118 Å². The van der Waals surface area contributed by atoms with Crippen molar-refractivity contribution >= 4 is 17.9 Å². The van der Waals surface area contributed by atoms with Crippen LogP contribution in [-0.4, -0.2) is 71.4 Å². The van der Waals surface area contributed by atoms with E-state index in [4.69, 9.17) is 4.74 Å². The molecule has 4 atom stereocenters. The van der Waals surface area contributed by atoms with Crippen LogP contribution in [0.25, 0.3) is 11.3 Å². The third kappa shape index (κ3) is 9.41. The van der Waals surface area contributed by atoms with Crippen LogP contribution < -0.4 is 21.4 Å². The van der Waals surface area contributed by atoms with E-state index >= 15 is 0 Å². The van der Waals surface area contributed by atoms with Crippen LogP contribution in [0.3, 0.4) is 0 Å². The lowest BCUT2D eigenvalue weighted by Gasteiger charge is -2.37. The molecule has 1 heterocycles. The Balaban J connectivity index is 1.44. The molecule has 0 saturated carbocycles. The van der Waals surface area contributed by atoms with Gasteiger partial charge in [0.25, 0.3) is 5.91 Å². The van der Waals surface area contributed by atoms with Crippen molar-refractivity contribution in [2.24, 2.45) is 5.41 Å². The Morgan fingerprint density at radius 2 is 1.62 bits per heavy atom. The molecule has 4 aromatic rings. The van der Waals surface area contributed by atoms with E-state index in [1.165, 1.54) is 7.11 Å². The lowest BCUT2D eigenvalue weighted by Crippen LogP contribution is -2.61. The highest BCUT2D eigenvalue weighted by molar-refractivity contribution is 5.88. The average Bonchev–Trinajstić information content (AvgIpc) is 3.46. The fourth-order valence-electron chi connectivity index (χ4n) is 6.69. The number of hydrazine groups is 1. The van der Waals surface area contributed by atoms with Gasteiger partial charge in [0.05, 0.1) is 24.9 Å². The maximum Gasteiger partial charge on any atom is 0.407 e. The van der Waals surface area contributed by atoms with Crippen molar-refractivity contribution < 1.29 is 24.2 Å². The molecule has 0 radical (unpaired) electrons. The Labute approximate surface area is 306 Å². The number of nitrogens with one attached hydrogen (secondary N) is 4. The summed E-state index contributed by atoms with van der Waals surface area (Å²) < 4.78 is 4.83. The topological polar surface area (TPSA) is 145 Å². The molecule has 11 nitrogen and oxygen atoms in total. The number of fused-ring (bicyclic) bond motifs is 1. The van der Waals surface area contributed by atoms with Gasteiger partial charge in [0, 0.05) is 31.3 Å². The highest BCUT2D eigenvalue weighted by atomic mass is 16.5. The smallest absolute Gasteiger partial charge is 0.407 e. The van der Waals surface area contributed by atoms with E-state index in [0.717, 1.165) is 33.5 Å². The number of aliphatic hydroxyl groups is 1. The summed E-state index contributed by atoms with van der Waals surface area (Å²) in [7, 11) is 3.02. The number of hydrogen-bond acceptors (Lipinski definition) is 8. The fraction of sp³-hybridized carbons (Fsp3) is 0.366. The normalized spacial score (nSPS) is 17.1. The van der Waals surface area contributed by atoms with Crippen molar-refractivity contribution in [1.82, 2.24) is 31.4 Å². The van der Waals surface area contributed by atoms with Crippen LogP contribution in [0.5, 0.6) is 0 Å². The van der Waals surface area contributed by atoms with E-state index in [0.29, 0.717) is 19.4 Å². The van der Waals surface area contributed by atoms with Crippen molar-refractivity contribution in [3.8, 4) is 11.3 Å². The number of carbonyl (C=O) groups excluding carboxylic acids is 3. The number of likely N-dealkylation sites (N-methyl/N-ethyl adjacent to an activating group) is 1. The summed E-state index contributed by atoms with van der Waals surface area (Å²) in [5, 5.41) is 22.0. The van der Waals surface area contributed by atoms with Gasteiger partial charge in [0.1, 0.15) is 11.6 Å². The van der Waals surface area contributed by atoms with Crippen molar-refractivity contribution in [3.05, 3.63) is 126 Å². The van der Waals surface area contributed by atoms with Gasteiger partial charge in [-0.05, 0) is 59.7 Å². The number of alkyl carbamates (subject to hydrolysis) is 1. The minimum Gasteiger partial charge on any atom is -0.453 e. The highest BCUT2D eigenvalue weighted by Gasteiger charge is 2.42. The van der Waals surface area contributed by atoms with Crippen LogP contribution in [0, 0.1) is 5.41 Å². The number of rotatable bonds is 14. The summed E-state index contributed by atoms with van der Waals surface area (Å²) in [6, 6.07) is 29.8. The molecule has 274 valence electrons. The number of benzene rings is 3. The molecule has 5 rings (SSSR count). The summed E-state index contributed by atoms with van der Waals surface area (Å²) in [5.41, 5.74) is 6.87. The molecule has 1 aliphatic rings. The highest BCUT2D eigenvalue weighted by Crippen LogP contribution is 2.32. The van der Waals surface area contributed by atoms with E-state index in [-0.39, 0.29) is 18.9 Å². The molecular weight excluding hydrogens is 656 g/mol. The zero-order chi connectivity index (χ0) is 37.3. The SMILES string of the molecule is CN[C@](CCN(Cc1ccc(-c2ccccn2)cc1)NC(=O)[C@@H](NC(=O)OC)C(C)(C)C)(Cc1ccccc1)C(=O)N[C@H]1c2ccccc2C[C@H]1O. The minimum atomic E-state index is -1.13. The summed E-state index contributed by atoms with van der Waals surface area (Å²) in [5.74, 6) is -0.679. The number of amides is 3. The van der Waals surface area contributed by atoms with Gasteiger partial charge >= 0.3 is 6.09 Å². The minimum absolute atomic E-state index is 0.258. The number of ether oxygens (including phenoxy) is 1. The van der Waals surface area contributed by atoms with Gasteiger partial charge in [-0.25, -0.2) is 9.80 Å². The Bertz CT molecular complexity index is 1800. The second kappa shape index (κ2) is 16.9. The van der Waals surface area contributed by atoms with Gasteiger partial charge in [0.15, 0.2) is 0 Å². The van der Waals surface area contributed by atoms with E-state index < -0.39 is 41.1 Å². The van der Waals surface area contributed by atoms with Crippen LogP contribution in [0.15, 0.2) is 103 Å². The summed E-state index contributed by atoms with van der Waals surface area (Å²) in [6.45, 7) is 6.15. The molecule has 0 fully saturated rings. The molecular formula is C41H50N6O5. The van der Waals surface area contributed by atoms with E-state index in [1.54, 1.807) is 18.3 Å². The van der Waals surface area contributed by atoms with Gasteiger partial charge in [-0.15, -0.1) is 0 Å². The molecule has 5 N–H and O–H groups in total. The van der Waals surface area contributed by atoms with Crippen molar-refractivity contribution in [3.63, 3.8) is 0 Å². The van der Waals surface area contributed by atoms with Gasteiger partial charge < -0.3 is 25.8 Å². The molecule has 0 bridgehead atoms. The summed E-state index contributed by atoms with van der Waals surface area (Å²) in [4.78, 5) is 45.2. The van der Waals surface area contributed by atoms with Crippen molar-refractivity contribution in [2.75, 3.05) is 20.7 Å². The number of pyridine rings is 1. The number of hydrogen-bond donors (Lipinski definition) is 5. The summed E-state index contributed by atoms with van der Waals surface area (Å²) in [6.07, 6.45) is 1.38. The fourth-order valence-corrected chi connectivity index (χ4v) is 6.69. The first kappa shape index (κ1) is 38.1. The maximum absolute atomic E-state index is 14.5. The monoisotopic (exact) mass is 706 g/mol. The molecule has 0 aliphatic heterocycles. The Morgan fingerprint density at radius 3 is 2.27 bits per heavy atom. The molecule has 11 heteroatoms. The Kier molecular flexibility index (Phi) is 12.4. The quantitative estimate of drug-likeness (QED) is 0.119. The molecule has 3 amide bonds. The van der Waals surface area contributed by atoms with Crippen LogP contribution in [0.1, 0.15) is 55.5 Å².